The number of rotatable bonds is 6. The van der Waals surface area contributed by atoms with Crippen molar-refractivity contribution < 1.29 is 19.1 Å². The van der Waals surface area contributed by atoms with Crippen molar-refractivity contribution in [2.75, 3.05) is 10.6 Å². The van der Waals surface area contributed by atoms with E-state index in [9.17, 15) is 14.4 Å². The van der Waals surface area contributed by atoms with Crippen LogP contribution < -0.4 is 10.6 Å². The van der Waals surface area contributed by atoms with E-state index in [1.165, 1.54) is 13.8 Å². The molecule has 1 aromatic heterocycles. The van der Waals surface area contributed by atoms with Gasteiger partial charge in [0.05, 0.1) is 16.8 Å². The van der Waals surface area contributed by atoms with Crippen LogP contribution in [0.25, 0.3) is 22.2 Å². The fourth-order valence-corrected chi connectivity index (χ4v) is 3.90. The number of halogens is 1. The third kappa shape index (κ3) is 5.91. The molecule has 4 aromatic rings. The summed E-state index contributed by atoms with van der Waals surface area (Å²) in [4.78, 5) is 41.6. The Hall–Kier alpha value is -4.04. The van der Waals surface area contributed by atoms with Gasteiger partial charge < -0.3 is 15.4 Å². The molecule has 0 aliphatic heterocycles. The first-order valence-corrected chi connectivity index (χ1v) is 11.6. The van der Waals surface area contributed by atoms with Gasteiger partial charge in [-0.25, -0.2) is 9.78 Å². The number of pyridine rings is 1. The van der Waals surface area contributed by atoms with Gasteiger partial charge in [-0.3, -0.25) is 9.59 Å². The molecule has 2 amide bonds. The van der Waals surface area contributed by atoms with Crippen LogP contribution in [0.15, 0.2) is 83.3 Å². The summed E-state index contributed by atoms with van der Waals surface area (Å²) in [7, 11) is 0. The molecule has 176 valence electrons. The number of nitrogens with zero attached hydrogens (tertiary/aromatic N) is 1. The molecule has 1 atom stereocenters. The lowest BCUT2D eigenvalue weighted by atomic mass is 10.0. The monoisotopic (exact) mass is 531 g/mol. The highest BCUT2D eigenvalue weighted by Crippen LogP contribution is 2.27. The Morgan fingerprint density at radius 2 is 1.57 bits per heavy atom. The first kappa shape index (κ1) is 24.1. The van der Waals surface area contributed by atoms with Gasteiger partial charge in [0.2, 0.25) is 5.91 Å². The van der Waals surface area contributed by atoms with Gasteiger partial charge in [-0.15, -0.1) is 0 Å². The molecular weight excluding hydrogens is 510 g/mol. The zero-order valence-electron chi connectivity index (χ0n) is 19.0. The van der Waals surface area contributed by atoms with Gasteiger partial charge in [0.15, 0.2) is 6.10 Å². The number of hydrogen-bond acceptors (Lipinski definition) is 5. The Bertz CT molecular complexity index is 1420. The number of hydrogen-bond donors (Lipinski definition) is 2. The van der Waals surface area contributed by atoms with Crippen LogP contribution in [-0.4, -0.2) is 28.9 Å². The van der Waals surface area contributed by atoms with E-state index in [2.05, 4.69) is 26.6 Å². The Morgan fingerprint density at radius 1 is 0.886 bits per heavy atom. The number of nitrogens with one attached hydrogen (secondary N) is 2. The average molecular weight is 532 g/mol. The van der Waals surface area contributed by atoms with Crippen LogP contribution in [0.2, 0.25) is 0 Å². The SMILES string of the molecule is CC(=O)Nc1ccc(NC(=O)[C@@H](C)OC(=O)c2cc(-c3cccc(Br)c3)nc3ccccc23)cc1. The number of benzene rings is 3. The van der Waals surface area contributed by atoms with E-state index in [-0.39, 0.29) is 5.91 Å². The summed E-state index contributed by atoms with van der Waals surface area (Å²) in [6, 6.07) is 23.2. The van der Waals surface area contributed by atoms with Crippen molar-refractivity contribution in [2.45, 2.75) is 20.0 Å². The quantitative estimate of drug-likeness (QED) is 0.306. The minimum absolute atomic E-state index is 0.186. The number of carbonyl (C=O) groups is 3. The largest absolute Gasteiger partial charge is 0.449 e. The molecule has 0 fully saturated rings. The summed E-state index contributed by atoms with van der Waals surface area (Å²) in [5, 5.41) is 6.01. The third-order valence-electron chi connectivity index (χ3n) is 5.18. The van der Waals surface area contributed by atoms with Crippen molar-refractivity contribution in [3.63, 3.8) is 0 Å². The molecular formula is C27H22BrN3O4. The number of carbonyl (C=O) groups excluding carboxylic acids is 3. The van der Waals surface area contributed by atoms with Gasteiger partial charge in [0.1, 0.15) is 0 Å². The van der Waals surface area contributed by atoms with Crippen LogP contribution in [-0.2, 0) is 14.3 Å². The zero-order valence-corrected chi connectivity index (χ0v) is 20.6. The molecule has 7 nitrogen and oxygen atoms in total. The molecule has 0 spiro atoms. The van der Waals surface area contributed by atoms with Gasteiger partial charge in [0.25, 0.3) is 5.91 Å². The van der Waals surface area contributed by atoms with E-state index in [1.807, 2.05) is 42.5 Å². The molecule has 8 heteroatoms. The second-order valence-electron chi connectivity index (χ2n) is 7.88. The van der Waals surface area contributed by atoms with Gasteiger partial charge in [0, 0.05) is 33.7 Å². The maximum atomic E-state index is 13.1. The molecule has 0 saturated carbocycles. The van der Waals surface area contributed by atoms with E-state index in [4.69, 9.17) is 9.72 Å². The molecule has 4 rings (SSSR count). The van der Waals surface area contributed by atoms with Gasteiger partial charge in [-0.2, -0.15) is 0 Å². The number of para-hydroxylation sites is 1. The van der Waals surface area contributed by atoms with Gasteiger partial charge in [-0.05, 0) is 55.5 Å². The summed E-state index contributed by atoms with van der Waals surface area (Å²) < 4.78 is 6.42. The Labute approximate surface area is 210 Å². The highest BCUT2D eigenvalue weighted by Gasteiger charge is 2.22. The normalized spacial score (nSPS) is 11.5. The maximum absolute atomic E-state index is 13.1. The van der Waals surface area contributed by atoms with E-state index >= 15 is 0 Å². The zero-order chi connectivity index (χ0) is 24.9. The Kier molecular flexibility index (Phi) is 7.22. The van der Waals surface area contributed by atoms with Crippen molar-refractivity contribution in [1.82, 2.24) is 4.98 Å². The van der Waals surface area contributed by atoms with E-state index < -0.39 is 18.0 Å². The molecule has 3 aromatic carbocycles. The van der Waals surface area contributed by atoms with Crippen LogP contribution in [0.4, 0.5) is 11.4 Å². The highest BCUT2D eigenvalue weighted by molar-refractivity contribution is 9.10. The number of anilines is 2. The van der Waals surface area contributed by atoms with E-state index in [1.54, 1.807) is 36.4 Å². The van der Waals surface area contributed by atoms with Crippen LogP contribution in [0, 0.1) is 0 Å². The fourth-order valence-electron chi connectivity index (χ4n) is 3.50. The number of fused-ring (bicyclic) bond motifs is 1. The average Bonchev–Trinajstić information content (AvgIpc) is 2.84. The summed E-state index contributed by atoms with van der Waals surface area (Å²) >= 11 is 3.46. The fraction of sp³-hybridized carbons (Fsp3) is 0.111. The molecule has 35 heavy (non-hydrogen) atoms. The standard InChI is InChI=1S/C27H22BrN3O4/c1-16(26(33)30-21-12-10-20(11-13-21)29-17(2)32)35-27(34)23-15-25(18-6-5-7-19(28)14-18)31-24-9-4-3-8-22(23)24/h3-16H,1-2H3,(H,29,32)(H,30,33)/t16-/m1/s1. The lowest BCUT2D eigenvalue weighted by Gasteiger charge is -2.15. The van der Waals surface area contributed by atoms with Crippen molar-refractivity contribution in [3.05, 3.63) is 88.9 Å². The summed E-state index contributed by atoms with van der Waals surface area (Å²) in [6.07, 6.45) is -1.04. The number of ether oxygens (including phenoxy) is 1. The molecule has 1 heterocycles. The molecule has 0 aliphatic rings. The van der Waals surface area contributed by atoms with Crippen LogP contribution in [0.1, 0.15) is 24.2 Å². The number of amides is 2. The summed E-state index contributed by atoms with van der Waals surface area (Å²) in [6.45, 7) is 2.93. The van der Waals surface area contributed by atoms with Gasteiger partial charge >= 0.3 is 5.97 Å². The number of esters is 1. The molecule has 2 N–H and O–H groups in total. The third-order valence-corrected chi connectivity index (χ3v) is 5.68. The van der Waals surface area contributed by atoms with Crippen molar-refractivity contribution in [2.24, 2.45) is 0 Å². The van der Waals surface area contributed by atoms with Crippen molar-refractivity contribution in [3.8, 4) is 11.3 Å². The summed E-state index contributed by atoms with van der Waals surface area (Å²) in [5.74, 6) is -1.28. The molecule has 0 bridgehead atoms. The predicted octanol–water partition coefficient (Wildman–Crippen LogP) is 5.81. The van der Waals surface area contributed by atoms with Crippen LogP contribution in [0.3, 0.4) is 0 Å². The lowest BCUT2D eigenvalue weighted by molar-refractivity contribution is -0.123. The minimum atomic E-state index is -1.04. The van der Waals surface area contributed by atoms with Gasteiger partial charge in [-0.1, -0.05) is 46.3 Å². The first-order valence-electron chi connectivity index (χ1n) is 10.9. The van der Waals surface area contributed by atoms with Crippen LogP contribution in [0.5, 0.6) is 0 Å². The Balaban J connectivity index is 1.53. The van der Waals surface area contributed by atoms with Crippen molar-refractivity contribution >= 4 is 56.0 Å². The van der Waals surface area contributed by atoms with Crippen LogP contribution >= 0.6 is 15.9 Å². The predicted molar refractivity (Wildman–Crippen MR) is 139 cm³/mol. The molecule has 0 saturated heterocycles. The Morgan fingerprint density at radius 3 is 2.26 bits per heavy atom. The molecule has 0 unspecified atom stereocenters. The maximum Gasteiger partial charge on any atom is 0.339 e. The first-order chi connectivity index (χ1) is 16.8. The molecule has 0 aliphatic carbocycles. The van der Waals surface area contributed by atoms with E-state index in [0.717, 1.165) is 10.0 Å². The smallest absolute Gasteiger partial charge is 0.339 e. The highest BCUT2D eigenvalue weighted by atomic mass is 79.9. The molecule has 0 radical (unpaired) electrons. The van der Waals surface area contributed by atoms with E-state index in [0.29, 0.717) is 33.5 Å². The topological polar surface area (TPSA) is 97.4 Å². The summed E-state index contributed by atoms with van der Waals surface area (Å²) in [5.41, 5.74) is 3.55. The lowest BCUT2D eigenvalue weighted by Crippen LogP contribution is -2.30. The minimum Gasteiger partial charge on any atom is -0.449 e. The number of aromatic nitrogens is 1. The van der Waals surface area contributed by atoms with Crippen molar-refractivity contribution in [1.29, 1.82) is 0 Å². The second-order valence-corrected chi connectivity index (χ2v) is 8.79. The second kappa shape index (κ2) is 10.5.